The van der Waals surface area contributed by atoms with Gasteiger partial charge in [-0.15, -0.1) is 13.2 Å². The molecule has 0 aliphatic heterocycles. The summed E-state index contributed by atoms with van der Waals surface area (Å²) < 4.78 is 42.1. The van der Waals surface area contributed by atoms with Gasteiger partial charge in [0.1, 0.15) is 18.4 Å². The third-order valence-corrected chi connectivity index (χ3v) is 3.59. The number of nitrogens with one attached hydrogen (secondary N) is 1. The summed E-state index contributed by atoms with van der Waals surface area (Å²) in [6, 6.07) is 5.14. The quantitative estimate of drug-likeness (QED) is 0.936. The predicted molar refractivity (Wildman–Crippen MR) is 72.7 cm³/mol. The van der Waals surface area contributed by atoms with Gasteiger partial charge in [0.15, 0.2) is 0 Å². The Labute approximate surface area is 129 Å². The lowest BCUT2D eigenvalue weighted by Crippen LogP contribution is -2.45. The molecule has 3 rings (SSSR count). The Kier molecular flexibility index (Phi) is 3.93. The molecule has 1 aliphatic rings. The number of nitrogens with zero attached hydrogens (tertiary/aromatic N) is 3. The van der Waals surface area contributed by atoms with Gasteiger partial charge in [0, 0.05) is 11.6 Å². The summed E-state index contributed by atoms with van der Waals surface area (Å²) in [5.74, 6) is -0.848. The Morgan fingerprint density at radius 1 is 1.35 bits per heavy atom. The van der Waals surface area contributed by atoms with Crippen LogP contribution in [0, 0.1) is 0 Å². The van der Waals surface area contributed by atoms with Gasteiger partial charge in [0.2, 0.25) is 0 Å². The van der Waals surface area contributed by atoms with Crippen LogP contribution >= 0.6 is 0 Å². The molecular formula is C14H13F3N4O2. The molecule has 1 fully saturated rings. The molecule has 1 aliphatic carbocycles. The van der Waals surface area contributed by atoms with Crippen LogP contribution < -0.4 is 10.1 Å². The van der Waals surface area contributed by atoms with Gasteiger partial charge in [-0.3, -0.25) is 4.79 Å². The van der Waals surface area contributed by atoms with Crippen LogP contribution in [0.15, 0.2) is 36.9 Å². The fourth-order valence-corrected chi connectivity index (χ4v) is 2.43. The van der Waals surface area contributed by atoms with Crippen LogP contribution in [0.2, 0.25) is 0 Å². The third-order valence-electron chi connectivity index (χ3n) is 3.59. The molecule has 9 heteroatoms. The average Bonchev–Trinajstić information content (AvgIpc) is 2.94. The molecular weight excluding hydrogens is 313 g/mol. The SMILES string of the molecule is O=C(NC1CC(n2cncn2)C1)c1cccc(OC(F)(F)F)c1. The molecule has 0 atom stereocenters. The summed E-state index contributed by atoms with van der Waals surface area (Å²) >= 11 is 0. The first-order valence-electron chi connectivity index (χ1n) is 6.91. The van der Waals surface area contributed by atoms with Gasteiger partial charge in [-0.25, -0.2) is 9.67 Å². The van der Waals surface area contributed by atoms with Crippen LogP contribution in [0.25, 0.3) is 0 Å². The van der Waals surface area contributed by atoms with Gasteiger partial charge in [0.25, 0.3) is 5.91 Å². The van der Waals surface area contributed by atoms with Crippen LogP contribution in [0.5, 0.6) is 5.75 Å². The molecule has 1 heterocycles. The first-order chi connectivity index (χ1) is 10.9. The number of halogens is 3. The van der Waals surface area contributed by atoms with Gasteiger partial charge >= 0.3 is 6.36 Å². The highest BCUT2D eigenvalue weighted by atomic mass is 19.4. The molecule has 0 radical (unpaired) electrons. The van der Waals surface area contributed by atoms with Crippen LogP contribution in [0.3, 0.4) is 0 Å². The first-order valence-corrected chi connectivity index (χ1v) is 6.91. The molecule has 23 heavy (non-hydrogen) atoms. The number of benzene rings is 1. The van der Waals surface area contributed by atoms with Crippen molar-refractivity contribution in [3.8, 4) is 5.75 Å². The van der Waals surface area contributed by atoms with E-state index in [0.29, 0.717) is 12.8 Å². The number of aromatic nitrogens is 3. The highest BCUT2D eigenvalue weighted by molar-refractivity contribution is 5.94. The number of carbonyl (C=O) groups is 1. The molecule has 6 nitrogen and oxygen atoms in total. The Hall–Kier alpha value is -2.58. The molecule has 0 bridgehead atoms. The number of ether oxygens (including phenoxy) is 1. The zero-order valence-corrected chi connectivity index (χ0v) is 11.8. The Morgan fingerprint density at radius 3 is 2.78 bits per heavy atom. The summed E-state index contributed by atoms with van der Waals surface area (Å²) in [4.78, 5) is 15.9. The van der Waals surface area contributed by atoms with Crippen molar-refractivity contribution < 1.29 is 22.7 Å². The van der Waals surface area contributed by atoms with E-state index in [1.807, 2.05) is 0 Å². The van der Waals surface area contributed by atoms with E-state index in [-0.39, 0.29) is 17.6 Å². The number of rotatable bonds is 4. The Bertz CT molecular complexity index is 682. The van der Waals surface area contributed by atoms with Gasteiger partial charge < -0.3 is 10.1 Å². The van der Waals surface area contributed by atoms with Crippen LogP contribution in [0.4, 0.5) is 13.2 Å². The summed E-state index contributed by atoms with van der Waals surface area (Å²) in [5, 5.41) is 6.80. The van der Waals surface area contributed by atoms with Crippen molar-refractivity contribution in [2.75, 3.05) is 0 Å². The molecule has 0 saturated heterocycles. The van der Waals surface area contributed by atoms with Gasteiger partial charge in [-0.2, -0.15) is 5.10 Å². The summed E-state index contributed by atoms with van der Waals surface area (Å²) in [5.41, 5.74) is 0.121. The molecule has 1 aromatic heterocycles. The van der Waals surface area contributed by atoms with Crippen LogP contribution in [-0.2, 0) is 0 Å². The summed E-state index contributed by atoms with van der Waals surface area (Å²) in [6.07, 6.45) is -0.325. The minimum absolute atomic E-state index is 0.0381. The lowest BCUT2D eigenvalue weighted by Gasteiger charge is -2.35. The second kappa shape index (κ2) is 5.90. The van der Waals surface area contributed by atoms with E-state index in [1.54, 1.807) is 11.0 Å². The van der Waals surface area contributed by atoms with E-state index >= 15 is 0 Å². The van der Waals surface area contributed by atoms with E-state index in [0.717, 1.165) is 12.1 Å². The molecule has 1 amide bonds. The van der Waals surface area contributed by atoms with Crippen molar-refractivity contribution in [3.05, 3.63) is 42.5 Å². The molecule has 1 saturated carbocycles. The highest BCUT2D eigenvalue weighted by Gasteiger charge is 2.33. The van der Waals surface area contributed by atoms with Gasteiger partial charge in [-0.05, 0) is 31.0 Å². The number of alkyl halides is 3. The maximum Gasteiger partial charge on any atom is 0.573 e. The average molecular weight is 326 g/mol. The zero-order valence-electron chi connectivity index (χ0n) is 11.8. The second-order valence-electron chi connectivity index (χ2n) is 5.25. The monoisotopic (exact) mass is 326 g/mol. The lowest BCUT2D eigenvalue weighted by molar-refractivity contribution is -0.274. The van der Waals surface area contributed by atoms with E-state index in [2.05, 4.69) is 20.1 Å². The van der Waals surface area contributed by atoms with Crippen LogP contribution in [-0.4, -0.2) is 33.1 Å². The standard InChI is InChI=1S/C14H13F3N4O2/c15-14(16,17)23-12-3-1-2-9(4-12)13(22)20-10-5-11(6-10)21-8-18-7-19-21/h1-4,7-8,10-11H,5-6H2,(H,20,22). The first kappa shape index (κ1) is 15.3. The molecule has 1 N–H and O–H groups in total. The van der Waals surface area contributed by atoms with Crippen molar-refractivity contribution in [1.29, 1.82) is 0 Å². The van der Waals surface area contributed by atoms with Crippen molar-refractivity contribution in [3.63, 3.8) is 0 Å². The number of amides is 1. The van der Waals surface area contributed by atoms with Gasteiger partial charge in [-0.1, -0.05) is 6.07 Å². The number of carbonyl (C=O) groups excluding carboxylic acids is 1. The Balaban J connectivity index is 1.56. The fraction of sp³-hybridized carbons (Fsp3) is 0.357. The molecule has 122 valence electrons. The molecule has 2 aromatic rings. The summed E-state index contributed by atoms with van der Waals surface area (Å²) in [7, 11) is 0. The van der Waals surface area contributed by atoms with Crippen molar-refractivity contribution in [2.24, 2.45) is 0 Å². The van der Waals surface area contributed by atoms with Crippen molar-refractivity contribution in [1.82, 2.24) is 20.1 Å². The molecule has 0 unspecified atom stereocenters. The smallest absolute Gasteiger partial charge is 0.406 e. The Morgan fingerprint density at radius 2 is 2.13 bits per heavy atom. The normalized spacial score (nSPS) is 20.7. The van der Waals surface area contributed by atoms with E-state index in [4.69, 9.17) is 0 Å². The maximum atomic E-state index is 12.2. The van der Waals surface area contributed by atoms with Crippen LogP contribution in [0.1, 0.15) is 29.2 Å². The largest absolute Gasteiger partial charge is 0.573 e. The van der Waals surface area contributed by atoms with E-state index < -0.39 is 18.0 Å². The topological polar surface area (TPSA) is 69.0 Å². The van der Waals surface area contributed by atoms with E-state index in [1.165, 1.54) is 18.5 Å². The lowest BCUT2D eigenvalue weighted by atomic mass is 9.86. The third kappa shape index (κ3) is 3.79. The number of hydrogen-bond acceptors (Lipinski definition) is 4. The second-order valence-corrected chi connectivity index (χ2v) is 5.25. The minimum atomic E-state index is -4.78. The van der Waals surface area contributed by atoms with Crippen molar-refractivity contribution in [2.45, 2.75) is 31.3 Å². The highest BCUT2D eigenvalue weighted by Crippen LogP contribution is 2.31. The number of hydrogen-bond donors (Lipinski definition) is 1. The maximum absolute atomic E-state index is 12.2. The molecule has 0 spiro atoms. The van der Waals surface area contributed by atoms with Gasteiger partial charge in [0.05, 0.1) is 6.04 Å². The summed E-state index contributed by atoms with van der Waals surface area (Å²) in [6.45, 7) is 0. The predicted octanol–water partition coefficient (Wildman–Crippen LogP) is 2.31. The van der Waals surface area contributed by atoms with E-state index in [9.17, 15) is 18.0 Å². The fourth-order valence-electron chi connectivity index (χ4n) is 2.43. The zero-order chi connectivity index (χ0) is 16.4. The molecule has 1 aromatic carbocycles. The minimum Gasteiger partial charge on any atom is -0.406 e. The van der Waals surface area contributed by atoms with Crippen molar-refractivity contribution >= 4 is 5.91 Å².